The minimum atomic E-state index is 0.687. The third-order valence-electron chi connectivity index (χ3n) is 3.28. The molecule has 19 heavy (non-hydrogen) atoms. The van der Waals surface area contributed by atoms with Crippen LogP contribution in [0.15, 0.2) is 55.1 Å². The number of nitrogens with zero attached hydrogens (tertiary/aromatic N) is 3. The second kappa shape index (κ2) is 3.88. The van der Waals surface area contributed by atoms with Crippen LogP contribution in [0, 0.1) is 0 Å². The number of hydrogen-bond donors (Lipinski definition) is 1. The van der Waals surface area contributed by atoms with Crippen molar-refractivity contribution >= 4 is 21.8 Å². The van der Waals surface area contributed by atoms with E-state index in [9.17, 15) is 0 Å². The average molecular weight is 246 g/mol. The Bertz CT molecular complexity index is 865. The van der Waals surface area contributed by atoms with Crippen LogP contribution in [0.1, 0.15) is 0 Å². The quantitative estimate of drug-likeness (QED) is 0.561. The van der Waals surface area contributed by atoms with E-state index >= 15 is 0 Å². The molecule has 0 amide bonds. The number of para-hydroxylation sites is 2. The first kappa shape index (κ1) is 10.2. The van der Waals surface area contributed by atoms with Crippen molar-refractivity contribution in [3.63, 3.8) is 0 Å². The van der Waals surface area contributed by atoms with Gasteiger partial charge in [-0.15, -0.1) is 0 Å². The van der Waals surface area contributed by atoms with Gasteiger partial charge in [0.1, 0.15) is 12.7 Å². The maximum atomic E-state index is 4.23. The molecule has 0 saturated heterocycles. The zero-order valence-corrected chi connectivity index (χ0v) is 10.0. The van der Waals surface area contributed by atoms with Gasteiger partial charge < -0.3 is 4.98 Å². The van der Waals surface area contributed by atoms with Gasteiger partial charge in [-0.25, -0.2) is 15.0 Å². The zero-order chi connectivity index (χ0) is 12.7. The summed E-state index contributed by atoms with van der Waals surface area (Å²) in [6, 6.07) is 14.4. The number of aromatic nitrogens is 4. The van der Waals surface area contributed by atoms with E-state index in [0.29, 0.717) is 5.82 Å². The summed E-state index contributed by atoms with van der Waals surface area (Å²) < 4.78 is 0. The lowest BCUT2D eigenvalue weighted by atomic mass is 10.1. The smallest absolute Gasteiger partial charge is 0.164 e. The van der Waals surface area contributed by atoms with E-state index in [1.54, 1.807) is 0 Å². The molecule has 0 bridgehead atoms. The lowest BCUT2D eigenvalue weighted by Crippen LogP contribution is -1.89. The van der Waals surface area contributed by atoms with Crippen molar-refractivity contribution in [1.82, 2.24) is 19.9 Å². The van der Waals surface area contributed by atoms with Gasteiger partial charge in [0.05, 0.1) is 5.52 Å². The number of fused-ring (bicyclic) bond motifs is 3. The molecule has 0 atom stereocenters. The van der Waals surface area contributed by atoms with Crippen molar-refractivity contribution in [2.45, 2.75) is 0 Å². The molecule has 2 aromatic carbocycles. The first-order valence-corrected chi connectivity index (χ1v) is 6.05. The molecule has 4 rings (SSSR count). The molecule has 0 spiro atoms. The Kier molecular flexibility index (Phi) is 2.08. The van der Waals surface area contributed by atoms with Crippen molar-refractivity contribution in [2.75, 3.05) is 0 Å². The lowest BCUT2D eigenvalue weighted by molar-refractivity contribution is 1.06. The summed E-state index contributed by atoms with van der Waals surface area (Å²) in [5.41, 5.74) is 3.19. The Balaban J connectivity index is 2.13. The van der Waals surface area contributed by atoms with Crippen LogP contribution < -0.4 is 0 Å². The number of hydrogen-bond acceptors (Lipinski definition) is 3. The third kappa shape index (κ3) is 1.50. The van der Waals surface area contributed by atoms with E-state index in [4.69, 9.17) is 0 Å². The van der Waals surface area contributed by atoms with Gasteiger partial charge >= 0.3 is 0 Å². The Morgan fingerprint density at radius 2 is 1.58 bits per heavy atom. The Morgan fingerprint density at radius 3 is 2.47 bits per heavy atom. The molecule has 90 valence electrons. The first-order valence-electron chi connectivity index (χ1n) is 6.05. The number of nitrogens with one attached hydrogen (secondary N) is 1. The van der Waals surface area contributed by atoms with E-state index in [-0.39, 0.29) is 0 Å². The number of aromatic amines is 1. The third-order valence-corrected chi connectivity index (χ3v) is 3.28. The normalized spacial score (nSPS) is 11.2. The standard InChI is InChI=1S/C15H10N4/c1-2-7-13-10(4-1)11-5-3-6-12(14(11)19-13)15-17-8-16-9-18-15/h1-9,19H. The Labute approximate surface area is 109 Å². The van der Waals surface area contributed by atoms with Crippen LogP contribution in [0.2, 0.25) is 0 Å². The van der Waals surface area contributed by atoms with E-state index in [2.05, 4.69) is 38.1 Å². The Morgan fingerprint density at radius 1 is 0.789 bits per heavy atom. The van der Waals surface area contributed by atoms with Crippen LogP contribution in [-0.4, -0.2) is 19.9 Å². The number of benzene rings is 2. The molecule has 0 fully saturated rings. The molecule has 4 nitrogen and oxygen atoms in total. The maximum Gasteiger partial charge on any atom is 0.164 e. The highest BCUT2D eigenvalue weighted by atomic mass is 15.0. The average Bonchev–Trinajstić information content (AvgIpc) is 2.87. The highest BCUT2D eigenvalue weighted by Gasteiger charge is 2.10. The summed E-state index contributed by atoms with van der Waals surface area (Å²) in [6.07, 6.45) is 3.04. The molecule has 2 aromatic heterocycles. The van der Waals surface area contributed by atoms with Gasteiger partial charge in [0.25, 0.3) is 0 Å². The number of rotatable bonds is 1. The largest absolute Gasteiger partial charge is 0.354 e. The highest BCUT2D eigenvalue weighted by Crippen LogP contribution is 2.31. The first-order chi connectivity index (χ1) is 9.43. The van der Waals surface area contributed by atoms with Gasteiger partial charge in [-0.1, -0.05) is 30.3 Å². The SMILES string of the molecule is c1ccc2c(c1)[nH]c1c(-c3ncncn3)cccc12. The van der Waals surface area contributed by atoms with Crippen LogP contribution in [0.5, 0.6) is 0 Å². The molecule has 0 aliphatic carbocycles. The van der Waals surface area contributed by atoms with Gasteiger partial charge in [-0.05, 0) is 12.1 Å². The van der Waals surface area contributed by atoms with Crippen molar-refractivity contribution in [3.8, 4) is 11.4 Å². The van der Waals surface area contributed by atoms with Crippen molar-refractivity contribution in [2.24, 2.45) is 0 Å². The van der Waals surface area contributed by atoms with Crippen LogP contribution >= 0.6 is 0 Å². The topological polar surface area (TPSA) is 54.5 Å². The monoisotopic (exact) mass is 246 g/mol. The van der Waals surface area contributed by atoms with Gasteiger partial charge in [0.2, 0.25) is 0 Å². The maximum absolute atomic E-state index is 4.23. The molecule has 0 aliphatic rings. The summed E-state index contributed by atoms with van der Waals surface area (Å²) in [7, 11) is 0. The summed E-state index contributed by atoms with van der Waals surface area (Å²) >= 11 is 0. The summed E-state index contributed by atoms with van der Waals surface area (Å²) in [5.74, 6) is 0.687. The summed E-state index contributed by atoms with van der Waals surface area (Å²) in [6.45, 7) is 0. The van der Waals surface area contributed by atoms with Gasteiger partial charge in [0.15, 0.2) is 5.82 Å². The van der Waals surface area contributed by atoms with Crippen LogP contribution in [0.25, 0.3) is 33.2 Å². The molecule has 0 saturated carbocycles. The second-order valence-corrected chi connectivity index (χ2v) is 4.36. The molecule has 0 radical (unpaired) electrons. The fourth-order valence-electron chi connectivity index (χ4n) is 2.44. The number of H-pyrrole nitrogens is 1. The fraction of sp³-hybridized carbons (Fsp3) is 0. The predicted octanol–water partition coefficient (Wildman–Crippen LogP) is 3.17. The van der Waals surface area contributed by atoms with Crippen LogP contribution in [0.3, 0.4) is 0 Å². The van der Waals surface area contributed by atoms with Gasteiger partial charge in [-0.2, -0.15) is 0 Å². The van der Waals surface area contributed by atoms with E-state index in [1.165, 1.54) is 23.4 Å². The van der Waals surface area contributed by atoms with Crippen LogP contribution in [0.4, 0.5) is 0 Å². The van der Waals surface area contributed by atoms with Crippen molar-refractivity contribution < 1.29 is 0 Å². The zero-order valence-electron chi connectivity index (χ0n) is 10.0. The van der Waals surface area contributed by atoms with E-state index < -0.39 is 0 Å². The van der Waals surface area contributed by atoms with Crippen LogP contribution in [-0.2, 0) is 0 Å². The van der Waals surface area contributed by atoms with Crippen molar-refractivity contribution in [1.29, 1.82) is 0 Å². The highest BCUT2D eigenvalue weighted by molar-refractivity contribution is 6.11. The fourth-order valence-corrected chi connectivity index (χ4v) is 2.44. The minimum Gasteiger partial charge on any atom is -0.354 e. The van der Waals surface area contributed by atoms with Gasteiger partial charge in [0, 0.05) is 21.9 Å². The molecule has 0 aliphatic heterocycles. The molecule has 4 heteroatoms. The predicted molar refractivity (Wildman–Crippen MR) is 74.6 cm³/mol. The van der Waals surface area contributed by atoms with E-state index in [0.717, 1.165) is 16.6 Å². The lowest BCUT2D eigenvalue weighted by Gasteiger charge is -2.00. The molecular weight excluding hydrogens is 236 g/mol. The molecular formula is C15H10N4. The molecule has 4 aromatic rings. The molecule has 1 N–H and O–H groups in total. The summed E-state index contributed by atoms with van der Waals surface area (Å²) in [4.78, 5) is 15.8. The van der Waals surface area contributed by atoms with Gasteiger partial charge in [-0.3, -0.25) is 0 Å². The second-order valence-electron chi connectivity index (χ2n) is 4.36. The van der Waals surface area contributed by atoms with Crippen molar-refractivity contribution in [3.05, 3.63) is 55.1 Å². The molecule has 2 heterocycles. The van der Waals surface area contributed by atoms with E-state index in [1.807, 2.05) is 24.3 Å². The molecule has 0 unspecified atom stereocenters. The summed E-state index contributed by atoms with van der Waals surface area (Å²) in [5, 5.41) is 2.40. The Hall–Kier alpha value is -2.75. The minimum absolute atomic E-state index is 0.687.